The molecule has 78 valence electrons. The minimum absolute atomic E-state index is 0.783. The van der Waals surface area contributed by atoms with Gasteiger partial charge in [-0.1, -0.05) is 6.92 Å². The standard InChI is InChI=1S/C11H18N2O/c1-4-13(2)8-9-7-10(12)5-6-11(9)14-3/h5-7H,4,8,12H2,1-3H3. The molecule has 0 aromatic heterocycles. The minimum Gasteiger partial charge on any atom is -0.496 e. The molecule has 0 radical (unpaired) electrons. The van der Waals surface area contributed by atoms with Gasteiger partial charge in [0.25, 0.3) is 0 Å². The molecular formula is C11H18N2O. The van der Waals surface area contributed by atoms with Gasteiger partial charge in [0.2, 0.25) is 0 Å². The highest BCUT2D eigenvalue weighted by molar-refractivity contribution is 5.47. The third-order valence-electron chi connectivity index (χ3n) is 2.28. The molecular weight excluding hydrogens is 176 g/mol. The minimum atomic E-state index is 0.783. The lowest BCUT2D eigenvalue weighted by Gasteiger charge is -2.16. The van der Waals surface area contributed by atoms with Gasteiger partial charge in [-0.15, -0.1) is 0 Å². The second kappa shape index (κ2) is 4.86. The number of rotatable bonds is 4. The van der Waals surface area contributed by atoms with Crippen molar-refractivity contribution >= 4 is 5.69 Å². The highest BCUT2D eigenvalue weighted by Gasteiger charge is 2.05. The number of anilines is 1. The molecule has 0 atom stereocenters. The van der Waals surface area contributed by atoms with Crippen LogP contribution in [0, 0.1) is 0 Å². The topological polar surface area (TPSA) is 38.5 Å². The van der Waals surface area contributed by atoms with E-state index in [0.29, 0.717) is 0 Å². The van der Waals surface area contributed by atoms with Gasteiger partial charge in [0, 0.05) is 17.8 Å². The van der Waals surface area contributed by atoms with Gasteiger partial charge in [-0.2, -0.15) is 0 Å². The first-order valence-electron chi connectivity index (χ1n) is 4.78. The molecule has 0 heterocycles. The zero-order chi connectivity index (χ0) is 10.6. The summed E-state index contributed by atoms with van der Waals surface area (Å²) in [5, 5.41) is 0. The van der Waals surface area contributed by atoms with Crippen molar-refractivity contribution in [2.24, 2.45) is 0 Å². The molecule has 3 nitrogen and oxygen atoms in total. The van der Waals surface area contributed by atoms with Crippen LogP contribution in [-0.2, 0) is 6.54 Å². The number of nitrogens with zero attached hydrogens (tertiary/aromatic N) is 1. The fraction of sp³-hybridized carbons (Fsp3) is 0.455. The smallest absolute Gasteiger partial charge is 0.123 e. The van der Waals surface area contributed by atoms with E-state index < -0.39 is 0 Å². The summed E-state index contributed by atoms with van der Waals surface area (Å²) in [5.41, 5.74) is 7.64. The highest BCUT2D eigenvalue weighted by atomic mass is 16.5. The average molecular weight is 194 g/mol. The maximum absolute atomic E-state index is 5.73. The van der Waals surface area contributed by atoms with Crippen molar-refractivity contribution in [1.29, 1.82) is 0 Å². The summed E-state index contributed by atoms with van der Waals surface area (Å²) in [6, 6.07) is 5.73. The van der Waals surface area contributed by atoms with Crippen molar-refractivity contribution in [3.8, 4) is 5.75 Å². The fourth-order valence-corrected chi connectivity index (χ4v) is 1.32. The molecule has 3 heteroatoms. The molecule has 0 aliphatic heterocycles. The lowest BCUT2D eigenvalue weighted by molar-refractivity contribution is 0.333. The first kappa shape index (κ1) is 10.9. The monoisotopic (exact) mass is 194 g/mol. The van der Waals surface area contributed by atoms with E-state index in [1.54, 1.807) is 7.11 Å². The predicted molar refractivity (Wildman–Crippen MR) is 59.4 cm³/mol. The zero-order valence-electron chi connectivity index (χ0n) is 9.08. The molecule has 0 aliphatic carbocycles. The molecule has 0 saturated carbocycles. The lowest BCUT2D eigenvalue weighted by atomic mass is 10.1. The SMILES string of the molecule is CCN(C)Cc1cc(N)ccc1OC. The van der Waals surface area contributed by atoms with Gasteiger partial charge in [-0.25, -0.2) is 0 Å². The van der Waals surface area contributed by atoms with Crippen LogP contribution in [0.25, 0.3) is 0 Å². The van der Waals surface area contributed by atoms with E-state index in [-0.39, 0.29) is 0 Å². The normalized spacial score (nSPS) is 10.6. The molecule has 0 saturated heterocycles. The quantitative estimate of drug-likeness (QED) is 0.742. The molecule has 1 aromatic carbocycles. The molecule has 0 fully saturated rings. The Morgan fingerprint density at radius 2 is 2.14 bits per heavy atom. The van der Waals surface area contributed by atoms with Crippen molar-refractivity contribution in [3.63, 3.8) is 0 Å². The molecule has 14 heavy (non-hydrogen) atoms. The van der Waals surface area contributed by atoms with Gasteiger partial charge in [-0.3, -0.25) is 0 Å². The Bertz CT molecular complexity index is 299. The van der Waals surface area contributed by atoms with Gasteiger partial charge in [0.15, 0.2) is 0 Å². The molecule has 0 spiro atoms. The van der Waals surface area contributed by atoms with Crippen molar-refractivity contribution in [2.45, 2.75) is 13.5 Å². The predicted octanol–water partition coefficient (Wildman–Crippen LogP) is 1.73. The number of benzene rings is 1. The summed E-state index contributed by atoms with van der Waals surface area (Å²) in [7, 11) is 3.75. The zero-order valence-corrected chi connectivity index (χ0v) is 9.08. The number of nitrogens with two attached hydrogens (primary N) is 1. The van der Waals surface area contributed by atoms with E-state index in [1.807, 2.05) is 18.2 Å². The van der Waals surface area contributed by atoms with Crippen molar-refractivity contribution in [2.75, 3.05) is 26.4 Å². The first-order chi connectivity index (χ1) is 6.67. The Labute approximate surface area is 85.5 Å². The third-order valence-corrected chi connectivity index (χ3v) is 2.28. The summed E-state index contributed by atoms with van der Waals surface area (Å²) in [4.78, 5) is 2.21. The van der Waals surface area contributed by atoms with Crippen LogP contribution in [0.5, 0.6) is 5.75 Å². The Kier molecular flexibility index (Phi) is 3.77. The second-order valence-electron chi connectivity index (χ2n) is 3.40. The molecule has 1 rings (SSSR count). The van der Waals surface area contributed by atoms with Crippen LogP contribution in [0.4, 0.5) is 5.69 Å². The maximum Gasteiger partial charge on any atom is 0.123 e. The molecule has 1 aromatic rings. The van der Waals surface area contributed by atoms with Gasteiger partial charge in [0.1, 0.15) is 5.75 Å². The van der Waals surface area contributed by atoms with E-state index in [9.17, 15) is 0 Å². The average Bonchev–Trinajstić information content (AvgIpc) is 2.18. The summed E-state index contributed by atoms with van der Waals surface area (Å²) < 4.78 is 5.26. The second-order valence-corrected chi connectivity index (χ2v) is 3.40. The van der Waals surface area contributed by atoms with Crippen LogP contribution in [0.15, 0.2) is 18.2 Å². The van der Waals surface area contributed by atoms with E-state index in [4.69, 9.17) is 10.5 Å². The van der Waals surface area contributed by atoms with Crippen LogP contribution < -0.4 is 10.5 Å². The Morgan fingerprint density at radius 3 is 2.71 bits per heavy atom. The van der Waals surface area contributed by atoms with Crippen LogP contribution in [-0.4, -0.2) is 25.6 Å². The van der Waals surface area contributed by atoms with E-state index in [1.165, 1.54) is 0 Å². The van der Waals surface area contributed by atoms with Gasteiger partial charge >= 0.3 is 0 Å². The largest absolute Gasteiger partial charge is 0.496 e. The molecule has 0 aliphatic rings. The van der Waals surface area contributed by atoms with Crippen molar-refractivity contribution < 1.29 is 4.74 Å². The Hall–Kier alpha value is -1.22. The Balaban J connectivity index is 2.87. The third kappa shape index (κ3) is 2.64. The van der Waals surface area contributed by atoms with Gasteiger partial charge in [-0.05, 0) is 31.8 Å². The fourth-order valence-electron chi connectivity index (χ4n) is 1.32. The first-order valence-corrected chi connectivity index (χ1v) is 4.78. The molecule has 0 unspecified atom stereocenters. The highest BCUT2D eigenvalue weighted by Crippen LogP contribution is 2.22. The van der Waals surface area contributed by atoms with E-state index in [0.717, 1.165) is 30.1 Å². The number of ether oxygens (including phenoxy) is 1. The molecule has 0 bridgehead atoms. The maximum atomic E-state index is 5.73. The van der Waals surface area contributed by atoms with Crippen molar-refractivity contribution in [1.82, 2.24) is 4.90 Å². The van der Waals surface area contributed by atoms with E-state index in [2.05, 4.69) is 18.9 Å². The summed E-state index contributed by atoms with van der Waals surface area (Å²) in [6.45, 7) is 4.00. The Morgan fingerprint density at radius 1 is 1.43 bits per heavy atom. The summed E-state index contributed by atoms with van der Waals surface area (Å²) >= 11 is 0. The lowest BCUT2D eigenvalue weighted by Crippen LogP contribution is -2.17. The molecule has 0 amide bonds. The number of nitrogen functional groups attached to an aromatic ring is 1. The van der Waals surface area contributed by atoms with Crippen LogP contribution >= 0.6 is 0 Å². The number of hydrogen-bond acceptors (Lipinski definition) is 3. The van der Waals surface area contributed by atoms with Crippen LogP contribution in [0.2, 0.25) is 0 Å². The van der Waals surface area contributed by atoms with Crippen molar-refractivity contribution in [3.05, 3.63) is 23.8 Å². The van der Waals surface area contributed by atoms with E-state index >= 15 is 0 Å². The number of methoxy groups -OCH3 is 1. The van der Waals surface area contributed by atoms with Gasteiger partial charge in [0.05, 0.1) is 7.11 Å². The summed E-state index contributed by atoms with van der Waals surface area (Å²) in [5.74, 6) is 0.902. The van der Waals surface area contributed by atoms with Crippen LogP contribution in [0.3, 0.4) is 0 Å². The number of hydrogen-bond donors (Lipinski definition) is 1. The summed E-state index contributed by atoms with van der Waals surface area (Å²) in [6.07, 6.45) is 0. The van der Waals surface area contributed by atoms with Crippen LogP contribution in [0.1, 0.15) is 12.5 Å². The van der Waals surface area contributed by atoms with Gasteiger partial charge < -0.3 is 15.4 Å². The molecule has 2 N–H and O–H groups in total.